The summed E-state index contributed by atoms with van der Waals surface area (Å²) in [6.07, 6.45) is 1.45. The van der Waals surface area contributed by atoms with Gasteiger partial charge in [-0.3, -0.25) is 4.79 Å². The molecule has 0 aliphatic carbocycles. The van der Waals surface area contributed by atoms with Crippen LogP contribution in [0.15, 0.2) is 47.4 Å². The molecular formula is C25H30N2O6S. The molecular weight excluding hydrogens is 456 g/mol. The molecule has 9 heteroatoms. The van der Waals surface area contributed by atoms with Gasteiger partial charge in [-0.2, -0.15) is 4.31 Å². The molecule has 2 aromatic rings. The maximum Gasteiger partial charge on any atom is 0.254 e. The number of sulfonamides is 1. The van der Waals surface area contributed by atoms with Gasteiger partial charge in [0, 0.05) is 25.2 Å². The van der Waals surface area contributed by atoms with Crippen LogP contribution in [0.5, 0.6) is 11.5 Å². The van der Waals surface area contributed by atoms with Gasteiger partial charge in [0.15, 0.2) is 11.5 Å². The Bertz CT molecular complexity index is 1160. The second-order valence-corrected chi connectivity index (χ2v) is 11.1. The highest BCUT2D eigenvalue weighted by atomic mass is 32.2. The van der Waals surface area contributed by atoms with Gasteiger partial charge in [0.05, 0.1) is 23.1 Å². The monoisotopic (exact) mass is 486 g/mol. The molecule has 182 valence electrons. The average Bonchev–Trinajstić information content (AvgIpc) is 3.33. The molecule has 0 N–H and O–H groups in total. The minimum Gasteiger partial charge on any atom is -0.486 e. The molecule has 8 nitrogen and oxygen atoms in total. The van der Waals surface area contributed by atoms with E-state index in [1.54, 1.807) is 12.1 Å². The lowest BCUT2D eigenvalue weighted by atomic mass is 10.0. The molecule has 5 rings (SSSR count). The summed E-state index contributed by atoms with van der Waals surface area (Å²) in [5.41, 5.74) is 1.50. The molecule has 1 amide bonds. The highest BCUT2D eigenvalue weighted by molar-refractivity contribution is 7.89. The third-order valence-electron chi connectivity index (χ3n) is 6.59. The van der Waals surface area contributed by atoms with Gasteiger partial charge in [-0.05, 0) is 68.7 Å². The zero-order valence-electron chi connectivity index (χ0n) is 19.5. The van der Waals surface area contributed by atoms with E-state index >= 15 is 0 Å². The Balaban J connectivity index is 1.34. The first-order valence-electron chi connectivity index (χ1n) is 11.8. The Hall–Kier alpha value is -2.62. The van der Waals surface area contributed by atoms with Crippen LogP contribution in [-0.4, -0.2) is 68.6 Å². The highest BCUT2D eigenvalue weighted by Crippen LogP contribution is 2.38. The van der Waals surface area contributed by atoms with Crippen molar-refractivity contribution in [3.63, 3.8) is 0 Å². The van der Waals surface area contributed by atoms with Crippen LogP contribution in [0.4, 0.5) is 0 Å². The molecule has 3 aliphatic rings. The maximum absolute atomic E-state index is 13.4. The summed E-state index contributed by atoms with van der Waals surface area (Å²) in [5, 5.41) is 0. The minimum absolute atomic E-state index is 0.0527. The third kappa shape index (κ3) is 4.39. The van der Waals surface area contributed by atoms with Gasteiger partial charge in [0.25, 0.3) is 5.91 Å². The maximum atomic E-state index is 13.4. The molecule has 0 spiro atoms. The number of carbonyl (C=O) groups excluding carboxylic acids is 1. The van der Waals surface area contributed by atoms with Crippen molar-refractivity contribution in [2.24, 2.45) is 0 Å². The molecule has 2 aromatic carbocycles. The number of amides is 1. The normalized spacial score (nSPS) is 25.4. The lowest BCUT2D eigenvalue weighted by Gasteiger charge is -2.34. The van der Waals surface area contributed by atoms with Crippen LogP contribution in [0.2, 0.25) is 0 Å². The smallest absolute Gasteiger partial charge is 0.254 e. The zero-order chi connectivity index (χ0) is 23.9. The SMILES string of the molecule is C[C@@H]1CN(S(=O)(=O)c2ccc(C(=O)N3CCC[C@@H]3c3ccc4c(c3)OCCO4)cc2)C[C@@H](C)O1. The predicted octanol–water partition coefficient (Wildman–Crippen LogP) is 3.23. The van der Waals surface area contributed by atoms with E-state index in [0.29, 0.717) is 44.2 Å². The summed E-state index contributed by atoms with van der Waals surface area (Å²) in [6.45, 7) is 6.08. The Labute approximate surface area is 200 Å². The van der Waals surface area contributed by atoms with Gasteiger partial charge < -0.3 is 19.1 Å². The van der Waals surface area contributed by atoms with Crippen molar-refractivity contribution in [2.45, 2.75) is 49.8 Å². The molecule has 3 aliphatic heterocycles. The van der Waals surface area contributed by atoms with E-state index < -0.39 is 10.0 Å². The summed E-state index contributed by atoms with van der Waals surface area (Å²) in [5.74, 6) is 1.34. The van der Waals surface area contributed by atoms with E-state index in [-0.39, 0.29) is 29.1 Å². The fraction of sp³-hybridized carbons (Fsp3) is 0.480. The van der Waals surface area contributed by atoms with Gasteiger partial charge in [-0.15, -0.1) is 0 Å². The van der Waals surface area contributed by atoms with Crippen LogP contribution in [0.1, 0.15) is 48.7 Å². The van der Waals surface area contributed by atoms with Crippen molar-refractivity contribution in [1.29, 1.82) is 0 Å². The number of hydrogen-bond acceptors (Lipinski definition) is 6. The zero-order valence-corrected chi connectivity index (χ0v) is 20.3. The van der Waals surface area contributed by atoms with Gasteiger partial charge in [0.2, 0.25) is 10.0 Å². The molecule has 3 atom stereocenters. The van der Waals surface area contributed by atoms with Crippen molar-refractivity contribution < 1.29 is 27.4 Å². The molecule has 0 aromatic heterocycles. The molecule has 34 heavy (non-hydrogen) atoms. The summed E-state index contributed by atoms with van der Waals surface area (Å²) >= 11 is 0. The number of rotatable bonds is 4. The fourth-order valence-corrected chi connectivity index (χ4v) is 6.63. The number of carbonyl (C=O) groups is 1. The first-order chi connectivity index (χ1) is 16.3. The van der Waals surface area contributed by atoms with Crippen molar-refractivity contribution in [2.75, 3.05) is 32.8 Å². The van der Waals surface area contributed by atoms with Crippen molar-refractivity contribution in [3.8, 4) is 11.5 Å². The van der Waals surface area contributed by atoms with Crippen LogP contribution < -0.4 is 9.47 Å². The molecule has 2 fully saturated rings. The Morgan fingerprint density at radius 2 is 1.62 bits per heavy atom. The number of likely N-dealkylation sites (tertiary alicyclic amines) is 1. The molecule has 0 saturated carbocycles. The topological polar surface area (TPSA) is 85.4 Å². The van der Waals surface area contributed by atoms with E-state index in [1.807, 2.05) is 36.9 Å². The van der Waals surface area contributed by atoms with Crippen LogP contribution in [0.3, 0.4) is 0 Å². The van der Waals surface area contributed by atoms with Gasteiger partial charge in [0.1, 0.15) is 13.2 Å². The number of ether oxygens (including phenoxy) is 3. The van der Waals surface area contributed by atoms with Gasteiger partial charge in [-0.1, -0.05) is 6.07 Å². The van der Waals surface area contributed by atoms with Crippen LogP contribution >= 0.6 is 0 Å². The van der Waals surface area contributed by atoms with Crippen molar-refractivity contribution in [1.82, 2.24) is 9.21 Å². The Kier molecular flexibility index (Phi) is 6.26. The van der Waals surface area contributed by atoms with Gasteiger partial charge in [-0.25, -0.2) is 8.42 Å². The first-order valence-corrected chi connectivity index (χ1v) is 13.2. The summed E-state index contributed by atoms with van der Waals surface area (Å²) in [7, 11) is -3.65. The molecule has 0 unspecified atom stereocenters. The van der Waals surface area contributed by atoms with E-state index in [0.717, 1.165) is 24.2 Å². The lowest BCUT2D eigenvalue weighted by molar-refractivity contribution is -0.0440. The molecule has 2 saturated heterocycles. The number of benzene rings is 2. The third-order valence-corrected chi connectivity index (χ3v) is 8.44. The van der Waals surface area contributed by atoms with Crippen LogP contribution in [-0.2, 0) is 14.8 Å². The standard InChI is InChI=1S/C25H30N2O6S/c1-17-15-26(16-18(2)33-17)34(29,30)21-8-5-19(6-9-21)25(28)27-11-3-4-22(27)20-7-10-23-24(14-20)32-13-12-31-23/h5-10,14,17-18,22H,3-4,11-13,15-16H2,1-2H3/t17-,18-,22-/m1/s1. The number of nitrogens with zero attached hydrogens (tertiary/aromatic N) is 2. The van der Waals surface area contributed by atoms with Crippen molar-refractivity contribution >= 4 is 15.9 Å². The Morgan fingerprint density at radius 1 is 0.941 bits per heavy atom. The lowest BCUT2D eigenvalue weighted by Crippen LogP contribution is -2.48. The average molecular weight is 487 g/mol. The highest BCUT2D eigenvalue weighted by Gasteiger charge is 2.34. The first kappa shape index (κ1) is 23.1. The number of fused-ring (bicyclic) bond motifs is 1. The minimum atomic E-state index is -3.65. The number of hydrogen-bond donors (Lipinski definition) is 0. The second kappa shape index (κ2) is 9.20. The van der Waals surface area contributed by atoms with Crippen LogP contribution in [0, 0.1) is 0 Å². The number of morpholine rings is 1. The fourth-order valence-electron chi connectivity index (χ4n) is 5.03. The van der Waals surface area contributed by atoms with Gasteiger partial charge >= 0.3 is 0 Å². The predicted molar refractivity (Wildman–Crippen MR) is 126 cm³/mol. The summed E-state index contributed by atoms with van der Waals surface area (Å²) in [4.78, 5) is 15.4. The van der Waals surface area contributed by atoms with Crippen LogP contribution in [0.25, 0.3) is 0 Å². The molecule has 0 radical (unpaired) electrons. The Morgan fingerprint density at radius 3 is 2.32 bits per heavy atom. The largest absolute Gasteiger partial charge is 0.486 e. The summed E-state index contributed by atoms with van der Waals surface area (Å²) < 4.78 is 44.7. The summed E-state index contributed by atoms with van der Waals surface area (Å²) in [6, 6.07) is 12.1. The quantitative estimate of drug-likeness (QED) is 0.660. The van der Waals surface area contributed by atoms with E-state index in [4.69, 9.17) is 14.2 Å². The van der Waals surface area contributed by atoms with E-state index in [1.165, 1.54) is 16.4 Å². The van der Waals surface area contributed by atoms with E-state index in [2.05, 4.69) is 0 Å². The van der Waals surface area contributed by atoms with Crippen molar-refractivity contribution in [3.05, 3.63) is 53.6 Å². The second-order valence-electron chi connectivity index (χ2n) is 9.16. The molecule has 0 bridgehead atoms. The molecule has 3 heterocycles. The van der Waals surface area contributed by atoms with E-state index in [9.17, 15) is 13.2 Å².